The molecule has 0 heterocycles. The lowest BCUT2D eigenvalue weighted by Gasteiger charge is -2.17. The van der Waals surface area contributed by atoms with Crippen LogP contribution in [0.25, 0.3) is 0 Å². The Balaban J connectivity index is 2.47. The molecule has 2 heteroatoms. The predicted molar refractivity (Wildman–Crippen MR) is 77.4 cm³/mol. The van der Waals surface area contributed by atoms with Crippen molar-refractivity contribution in [3.05, 3.63) is 23.8 Å². The number of benzene rings is 1. The van der Waals surface area contributed by atoms with Gasteiger partial charge in [0, 0.05) is 17.9 Å². The van der Waals surface area contributed by atoms with Crippen LogP contribution in [-0.2, 0) is 0 Å². The zero-order valence-electron chi connectivity index (χ0n) is 11.4. The van der Waals surface area contributed by atoms with Crippen LogP contribution in [0.3, 0.4) is 0 Å². The van der Waals surface area contributed by atoms with Crippen molar-refractivity contribution in [2.45, 2.75) is 46.5 Å². The average molecular weight is 234 g/mol. The molecule has 0 bridgehead atoms. The number of rotatable bonds is 7. The molecule has 0 aliphatic carbocycles. The van der Waals surface area contributed by atoms with Gasteiger partial charge in [-0.2, -0.15) is 0 Å². The van der Waals surface area contributed by atoms with E-state index < -0.39 is 0 Å². The fourth-order valence-corrected chi connectivity index (χ4v) is 2.08. The summed E-state index contributed by atoms with van der Waals surface area (Å²) in [7, 11) is 0. The molecular formula is C15H26N2. The monoisotopic (exact) mass is 234 g/mol. The molecule has 0 aliphatic rings. The molecule has 1 atom stereocenters. The summed E-state index contributed by atoms with van der Waals surface area (Å²) in [6.07, 6.45) is 5.20. The summed E-state index contributed by atoms with van der Waals surface area (Å²) in [5.74, 6) is 0.784. The number of nitrogens with two attached hydrogens (primary N) is 1. The first-order chi connectivity index (χ1) is 8.17. The smallest absolute Gasteiger partial charge is 0.0371 e. The lowest BCUT2D eigenvalue weighted by atomic mass is 9.99. The summed E-state index contributed by atoms with van der Waals surface area (Å²) < 4.78 is 0. The molecule has 1 aromatic carbocycles. The Bertz CT molecular complexity index is 334. The quantitative estimate of drug-likeness (QED) is 0.694. The van der Waals surface area contributed by atoms with Gasteiger partial charge in [0.05, 0.1) is 0 Å². The molecule has 0 aromatic heterocycles. The first-order valence-electron chi connectivity index (χ1n) is 6.77. The third kappa shape index (κ3) is 4.68. The van der Waals surface area contributed by atoms with E-state index in [0.717, 1.165) is 18.2 Å². The Morgan fingerprint density at radius 1 is 1.29 bits per heavy atom. The van der Waals surface area contributed by atoms with Gasteiger partial charge in [0.2, 0.25) is 0 Å². The van der Waals surface area contributed by atoms with Crippen LogP contribution in [0.4, 0.5) is 11.4 Å². The number of anilines is 2. The molecule has 0 saturated carbocycles. The van der Waals surface area contributed by atoms with Gasteiger partial charge in [0.1, 0.15) is 0 Å². The van der Waals surface area contributed by atoms with E-state index in [4.69, 9.17) is 5.73 Å². The number of hydrogen-bond acceptors (Lipinski definition) is 2. The summed E-state index contributed by atoms with van der Waals surface area (Å²) in [6.45, 7) is 7.70. The van der Waals surface area contributed by atoms with E-state index in [2.05, 4.69) is 32.2 Å². The van der Waals surface area contributed by atoms with Crippen molar-refractivity contribution < 1.29 is 0 Å². The summed E-state index contributed by atoms with van der Waals surface area (Å²) in [5.41, 5.74) is 9.04. The molecule has 3 N–H and O–H groups in total. The molecule has 1 rings (SSSR count). The second-order valence-electron chi connectivity index (χ2n) is 4.87. The van der Waals surface area contributed by atoms with E-state index in [0.29, 0.717) is 0 Å². The van der Waals surface area contributed by atoms with Gasteiger partial charge >= 0.3 is 0 Å². The number of unbranched alkanes of at least 4 members (excludes halogenated alkanes) is 1. The first-order valence-corrected chi connectivity index (χ1v) is 6.77. The molecule has 96 valence electrons. The topological polar surface area (TPSA) is 38.0 Å². The predicted octanol–water partition coefficient (Wildman–Crippen LogP) is 4.21. The Hall–Kier alpha value is -1.18. The molecule has 0 radical (unpaired) electrons. The van der Waals surface area contributed by atoms with Crippen molar-refractivity contribution in [1.82, 2.24) is 0 Å². The largest absolute Gasteiger partial charge is 0.399 e. The Morgan fingerprint density at radius 3 is 2.65 bits per heavy atom. The van der Waals surface area contributed by atoms with Crippen molar-refractivity contribution in [3.63, 3.8) is 0 Å². The summed E-state index contributed by atoms with van der Waals surface area (Å²) in [4.78, 5) is 0. The summed E-state index contributed by atoms with van der Waals surface area (Å²) in [6, 6.07) is 6.06. The fourth-order valence-electron chi connectivity index (χ4n) is 2.08. The van der Waals surface area contributed by atoms with Gasteiger partial charge in [-0.3, -0.25) is 0 Å². The van der Waals surface area contributed by atoms with Crippen LogP contribution in [0.5, 0.6) is 0 Å². The molecule has 0 saturated heterocycles. The minimum atomic E-state index is 0.784. The third-order valence-electron chi connectivity index (χ3n) is 3.37. The van der Waals surface area contributed by atoms with Gasteiger partial charge in [0.15, 0.2) is 0 Å². The number of aryl methyl sites for hydroxylation is 1. The van der Waals surface area contributed by atoms with Crippen LogP contribution < -0.4 is 11.1 Å². The van der Waals surface area contributed by atoms with Crippen LogP contribution in [0.15, 0.2) is 18.2 Å². The highest BCUT2D eigenvalue weighted by Gasteiger charge is 2.06. The third-order valence-corrected chi connectivity index (χ3v) is 3.37. The van der Waals surface area contributed by atoms with Crippen molar-refractivity contribution in [2.75, 3.05) is 17.6 Å². The van der Waals surface area contributed by atoms with E-state index in [-0.39, 0.29) is 0 Å². The van der Waals surface area contributed by atoms with Crippen molar-refractivity contribution in [3.8, 4) is 0 Å². The highest BCUT2D eigenvalue weighted by atomic mass is 14.9. The molecular weight excluding hydrogens is 208 g/mol. The molecule has 0 aliphatic heterocycles. The average Bonchev–Trinajstić information content (AvgIpc) is 2.31. The molecule has 1 unspecified atom stereocenters. The van der Waals surface area contributed by atoms with Gasteiger partial charge in [0.25, 0.3) is 0 Å². The van der Waals surface area contributed by atoms with Crippen LogP contribution >= 0.6 is 0 Å². The van der Waals surface area contributed by atoms with Gasteiger partial charge < -0.3 is 11.1 Å². The number of hydrogen-bond donors (Lipinski definition) is 2. The minimum Gasteiger partial charge on any atom is -0.399 e. The van der Waals surface area contributed by atoms with E-state index >= 15 is 0 Å². The lowest BCUT2D eigenvalue weighted by molar-refractivity contribution is 0.473. The van der Waals surface area contributed by atoms with Crippen LogP contribution in [0.1, 0.15) is 45.1 Å². The van der Waals surface area contributed by atoms with E-state index in [1.807, 2.05) is 12.1 Å². The Labute approximate surface area is 106 Å². The summed E-state index contributed by atoms with van der Waals surface area (Å²) >= 11 is 0. The second kappa shape index (κ2) is 7.21. The number of nitrogen functional groups attached to an aromatic ring is 1. The van der Waals surface area contributed by atoms with E-state index in [1.165, 1.54) is 36.9 Å². The highest BCUT2D eigenvalue weighted by molar-refractivity contribution is 5.57. The Morgan fingerprint density at radius 2 is 2.06 bits per heavy atom. The molecule has 1 aromatic rings. The van der Waals surface area contributed by atoms with Crippen LogP contribution in [0, 0.1) is 12.8 Å². The van der Waals surface area contributed by atoms with Gasteiger partial charge in [-0.15, -0.1) is 0 Å². The standard InChI is InChI=1S/C15H26N2/c1-4-6-7-13(5-2)11-17-15-9-8-14(16)10-12(15)3/h8-10,13,17H,4-7,11,16H2,1-3H3. The molecule has 0 spiro atoms. The van der Waals surface area contributed by atoms with Crippen molar-refractivity contribution in [2.24, 2.45) is 5.92 Å². The zero-order chi connectivity index (χ0) is 12.7. The fraction of sp³-hybridized carbons (Fsp3) is 0.600. The maximum absolute atomic E-state index is 5.75. The molecule has 17 heavy (non-hydrogen) atoms. The van der Waals surface area contributed by atoms with Crippen molar-refractivity contribution >= 4 is 11.4 Å². The lowest BCUT2D eigenvalue weighted by Crippen LogP contribution is -2.14. The van der Waals surface area contributed by atoms with Gasteiger partial charge in [-0.1, -0.05) is 33.1 Å². The maximum Gasteiger partial charge on any atom is 0.0371 e. The van der Waals surface area contributed by atoms with Crippen LogP contribution in [0.2, 0.25) is 0 Å². The van der Waals surface area contributed by atoms with E-state index in [1.54, 1.807) is 0 Å². The van der Waals surface area contributed by atoms with Gasteiger partial charge in [-0.05, 0) is 43.0 Å². The molecule has 2 nitrogen and oxygen atoms in total. The maximum atomic E-state index is 5.75. The van der Waals surface area contributed by atoms with Gasteiger partial charge in [-0.25, -0.2) is 0 Å². The van der Waals surface area contributed by atoms with E-state index in [9.17, 15) is 0 Å². The normalized spacial score (nSPS) is 12.4. The zero-order valence-corrected chi connectivity index (χ0v) is 11.4. The Kier molecular flexibility index (Phi) is 5.88. The second-order valence-corrected chi connectivity index (χ2v) is 4.87. The first kappa shape index (κ1) is 13.9. The molecule has 0 amide bonds. The van der Waals surface area contributed by atoms with Crippen molar-refractivity contribution in [1.29, 1.82) is 0 Å². The highest BCUT2D eigenvalue weighted by Crippen LogP contribution is 2.19. The van der Waals surface area contributed by atoms with Crippen LogP contribution in [-0.4, -0.2) is 6.54 Å². The number of nitrogens with one attached hydrogen (secondary N) is 1. The minimum absolute atomic E-state index is 0.784. The summed E-state index contributed by atoms with van der Waals surface area (Å²) in [5, 5.41) is 3.54. The SMILES string of the molecule is CCCCC(CC)CNc1ccc(N)cc1C. The molecule has 0 fully saturated rings.